The van der Waals surface area contributed by atoms with Gasteiger partial charge in [0, 0.05) is 39.0 Å². The molecule has 0 saturated heterocycles. The molecule has 1 atom stereocenters. The fourth-order valence-corrected chi connectivity index (χ4v) is 4.00. The minimum absolute atomic E-state index is 0.0312. The average molecular weight is 403 g/mol. The highest BCUT2D eigenvalue weighted by Gasteiger charge is 2.14. The summed E-state index contributed by atoms with van der Waals surface area (Å²) in [7, 11) is 3.76. The maximum absolute atomic E-state index is 5.58. The summed E-state index contributed by atoms with van der Waals surface area (Å²) in [5, 5.41) is 6.48. The Labute approximate surface area is 171 Å². The fourth-order valence-electron chi connectivity index (χ4n) is 3.16. The van der Waals surface area contributed by atoms with Crippen LogP contribution in [0.2, 0.25) is 0 Å². The van der Waals surface area contributed by atoms with Gasteiger partial charge in [-0.15, -0.1) is 11.3 Å². The zero-order valence-corrected chi connectivity index (χ0v) is 18.0. The van der Waals surface area contributed by atoms with Gasteiger partial charge in [0.2, 0.25) is 0 Å². The second-order valence-electron chi connectivity index (χ2n) is 6.94. The Kier molecular flexibility index (Phi) is 7.28. The van der Waals surface area contributed by atoms with Crippen molar-refractivity contribution in [1.82, 2.24) is 15.2 Å². The average Bonchev–Trinajstić information content (AvgIpc) is 3.35. The number of thiazole rings is 1. The Morgan fingerprint density at radius 3 is 3.11 bits per heavy atom. The van der Waals surface area contributed by atoms with Crippen LogP contribution < -0.4 is 10.1 Å². The van der Waals surface area contributed by atoms with Crippen LogP contribution in [0.5, 0.6) is 5.75 Å². The number of rotatable bonds is 8. The molecule has 1 aromatic carbocycles. The van der Waals surface area contributed by atoms with E-state index in [0.29, 0.717) is 0 Å². The lowest BCUT2D eigenvalue weighted by atomic mass is 10.1. The van der Waals surface area contributed by atoms with Gasteiger partial charge in [-0.3, -0.25) is 4.99 Å². The Hall–Kier alpha value is -2.12. The number of aliphatic imine (C=N–C) groups is 1. The third-order valence-corrected chi connectivity index (χ3v) is 5.84. The lowest BCUT2D eigenvalue weighted by Crippen LogP contribution is -2.38. The normalized spacial score (nSPS) is 14.5. The number of nitrogens with one attached hydrogen (secondary N) is 1. The molecule has 1 unspecified atom stereocenters. The lowest BCUT2D eigenvalue weighted by molar-refractivity contribution is 0.119. The molecule has 0 aliphatic carbocycles. The third kappa shape index (κ3) is 5.23. The van der Waals surface area contributed by atoms with E-state index in [2.05, 4.69) is 45.7 Å². The molecule has 0 bridgehead atoms. The fraction of sp³-hybridized carbons (Fsp3) is 0.524. The van der Waals surface area contributed by atoms with E-state index in [1.54, 1.807) is 18.4 Å². The van der Waals surface area contributed by atoms with Gasteiger partial charge >= 0.3 is 0 Å². The number of benzene rings is 1. The number of hydrogen-bond acceptors (Lipinski definition) is 5. The van der Waals surface area contributed by atoms with Crippen molar-refractivity contribution < 1.29 is 9.47 Å². The van der Waals surface area contributed by atoms with E-state index in [4.69, 9.17) is 14.5 Å². The Balaban J connectivity index is 1.59. The Morgan fingerprint density at radius 1 is 1.46 bits per heavy atom. The SMILES string of the molecule is CCNC(=NCCc1ccc2c(c1)CCO2)N(C)Cc1csc(C(C)OC)n1. The molecule has 1 aliphatic rings. The first-order chi connectivity index (χ1) is 13.6. The first kappa shape index (κ1) is 20.6. The highest BCUT2D eigenvalue weighted by atomic mass is 32.1. The predicted molar refractivity (Wildman–Crippen MR) is 114 cm³/mol. The molecule has 0 radical (unpaired) electrons. The zero-order valence-electron chi connectivity index (χ0n) is 17.2. The highest BCUT2D eigenvalue weighted by molar-refractivity contribution is 7.09. The van der Waals surface area contributed by atoms with Gasteiger partial charge in [-0.1, -0.05) is 12.1 Å². The smallest absolute Gasteiger partial charge is 0.194 e. The Bertz CT molecular complexity index is 805. The molecule has 1 aromatic heterocycles. The van der Waals surface area contributed by atoms with Crippen molar-refractivity contribution in [1.29, 1.82) is 0 Å². The molecule has 152 valence electrons. The molecule has 7 heteroatoms. The van der Waals surface area contributed by atoms with Crippen LogP contribution in [0, 0.1) is 0 Å². The van der Waals surface area contributed by atoms with Crippen molar-refractivity contribution in [3.63, 3.8) is 0 Å². The van der Waals surface area contributed by atoms with Crippen molar-refractivity contribution in [2.45, 2.75) is 39.3 Å². The van der Waals surface area contributed by atoms with E-state index in [0.717, 1.165) is 61.5 Å². The van der Waals surface area contributed by atoms with Gasteiger partial charge in [-0.25, -0.2) is 4.98 Å². The summed E-state index contributed by atoms with van der Waals surface area (Å²) >= 11 is 1.64. The molecule has 0 saturated carbocycles. The van der Waals surface area contributed by atoms with Crippen molar-refractivity contribution in [2.75, 3.05) is 33.9 Å². The molecule has 2 aromatic rings. The Morgan fingerprint density at radius 2 is 2.32 bits per heavy atom. The van der Waals surface area contributed by atoms with E-state index in [-0.39, 0.29) is 6.10 Å². The van der Waals surface area contributed by atoms with E-state index in [9.17, 15) is 0 Å². The summed E-state index contributed by atoms with van der Waals surface area (Å²) in [6.45, 7) is 7.20. The standard InChI is InChI=1S/C21H30N4O2S/c1-5-22-21(25(3)13-18-14-28-20(24-18)15(2)26-4)23-10-8-16-6-7-19-17(12-16)9-11-27-19/h6-7,12,14-15H,5,8-11,13H2,1-4H3,(H,22,23). The number of hydrogen-bond donors (Lipinski definition) is 1. The summed E-state index contributed by atoms with van der Waals surface area (Å²) in [4.78, 5) is 11.6. The maximum atomic E-state index is 5.58. The van der Waals surface area contributed by atoms with Crippen LogP contribution in [0.25, 0.3) is 0 Å². The molecule has 1 aliphatic heterocycles. The first-order valence-electron chi connectivity index (χ1n) is 9.81. The van der Waals surface area contributed by atoms with Crippen LogP contribution in [-0.2, 0) is 24.1 Å². The van der Waals surface area contributed by atoms with Crippen LogP contribution >= 0.6 is 11.3 Å². The van der Waals surface area contributed by atoms with Crippen LogP contribution in [0.3, 0.4) is 0 Å². The summed E-state index contributed by atoms with van der Waals surface area (Å²) < 4.78 is 10.9. The molecule has 6 nitrogen and oxygen atoms in total. The predicted octanol–water partition coefficient (Wildman–Crippen LogP) is 3.43. The van der Waals surface area contributed by atoms with Crippen molar-refractivity contribution in [3.8, 4) is 5.75 Å². The first-order valence-corrected chi connectivity index (χ1v) is 10.7. The van der Waals surface area contributed by atoms with Crippen molar-refractivity contribution in [3.05, 3.63) is 45.4 Å². The zero-order chi connectivity index (χ0) is 19.9. The number of methoxy groups -OCH3 is 1. The van der Waals surface area contributed by atoms with Gasteiger partial charge in [0.1, 0.15) is 16.9 Å². The second kappa shape index (κ2) is 9.89. The molecule has 2 heterocycles. The summed E-state index contributed by atoms with van der Waals surface area (Å²) in [6, 6.07) is 6.48. The molecule has 0 fully saturated rings. The largest absolute Gasteiger partial charge is 0.493 e. The van der Waals surface area contributed by atoms with E-state index in [1.807, 2.05) is 14.0 Å². The topological polar surface area (TPSA) is 59.0 Å². The van der Waals surface area contributed by atoms with E-state index >= 15 is 0 Å². The summed E-state index contributed by atoms with van der Waals surface area (Å²) in [5.74, 6) is 1.94. The number of aromatic nitrogens is 1. The summed E-state index contributed by atoms with van der Waals surface area (Å²) in [6.07, 6.45) is 1.96. The van der Waals surface area contributed by atoms with Gasteiger partial charge in [-0.05, 0) is 37.5 Å². The van der Waals surface area contributed by atoms with Crippen LogP contribution in [0.4, 0.5) is 0 Å². The minimum atomic E-state index is 0.0312. The second-order valence-corrected chi connectivity index (χ2v) is 7.83. The van der Waals surface area contributed by atoms with Gasteiger partial charge in [0.15, 0.2) is 5.96 Å². The van der Waals surface area contributed by atoms with Gasteiger partial charge in [-0.2, -0.15) is 0 Å². The third-order valence-electron chi connectivity index (χ3n) is 4.78. The quantitative estimate of drug-likeness (QED) is 0.542. The maximum Gasteiger partial charge on any atom is 0.194 e. The minimum Gasteiger partial charge on any atom is -0.493 e. The number of guanidine groups is 1. The molecule has 28 heavy (non-hydrogen) atoms. The molecule has 3 rings (SSSR count). The summed E-state index contributed by atoms with van der Waals surface area (Å²) in [5.41, 5.74) is 3.66. The van der Waals surface area contributed by atoms with Crippen LogP contribution in [0.15, 0.2) is 28.6 Å². The molecular formula is C21H30N4O2S. The monoisotopic (exact) mass is 402 g/mol. The molecule has 1 N–H and O–H groups in total. The van der Waals surface area contributed by atoms with Gasteiger partial charge in [0.05, 0.1) is 18.8 Å². The van der Waals surface area contributed by atoms with Crippen LogP contribution in [-0.4, -0.2) is 49.7 Å². The van der Waals surface area contributed by atoms with Crippen LogP contribution in [0.1, 0.15) is 41.8 Å². The van der Waals surface area contributed by atoms with Crippen molar-refractivity contribution >= 4 is 17.3 Å². The number of fused-ring (bicyclic) bond motifs is 1. The van der Waals surface area contributed by atoms with Gasteiger partial charge < -0.3 is 19.7 Å². The van der Waals surface area contributed by atoms with Gasteiger partial charge in [0.25, 0.3) is 0 Å². The molecular weight excluding hydrogens is 372 g/mol. The highest BCUT2D eigenvalue weighted by Crippen LogP contribution is 2.26. The number of nitrogens with zero attached hydrogens (tertiary/aromatic N) is 3. The lowest BCUT2D eigenvalue weighted by Gasteiger charge is -2.21. The van der Waals surface area contributed by atoms with Crippen molar-refractivity contribution in [2.24, 2.45) is 4.99 Å². The molecule has 0 spiro atoms. The van der Waals surface area contributed by atoms with E-state index in [1.165, 1.54) is 11.1 Å². The molecule has 0 amide bonds. The van der Waals surface area contributed by atoms with E-state index < -0.39 is 0 Å². The number of ether oxygens (including phenoxy) is 2.